The lowest BCUT2D eigenvalue weighted by molar-refractivity contribution is 0.102. The van der Waals surface area contributed by atoms with Crippen molar-refractivity contribution in [1.29, 1.82) is 0 Å². The van der Waals surface area contributed by atoms with E-state index in [1.54, 1.807) is 43.2 Å². The smallest absolute Gasteiger partial charge is 0.255 e. The van der Waals surface area contributed by atoms with Gasteiger partial charge in [0.05, 0.1) is 32.0 Å². The molecule has 0 bridgehead atoms. The maximum absolute atomic E-state index is 12.7. The van der Waals surface area contributed by atoms with Crippen molar-refractivity contribution in [3.05, 3.63) is 77.9 Å². The van der Waals surface area contributed by atoms with Crippen LogP contribution in [0.5, 0.6) is 11.5 Å². The molecule has 1 N–H and O–H groups in total. The van der Waals surface area contributed by atoms with Crippen molar-refractivity contribution >= 4 is 22.6 Å². The Balaban J connectivity index is 1.55. The molecule has 146 valence electrons. The van der Waals surface area contributed by atoms with E-state index in [1.807, 2.05) is 42.5 Å². The number of aromatic nitrogens is 3. The summed E-state index contributed by atoms with van der Waals surface area (Å²) in [4.78, 5) is 12.7. The molecule has 0 radical (unpaired) electrons. The van der Waals surface area contributed by atoms with Crippen molar-refractivity contribution in [3.8, 4) is 11.5 Å². The van der Waals surface area contributed by atoms with Crippen LogP contribution in [0.3, 0.4) is 0 Å². The first kappa shape index (κ1) is 18.5. The Hall–Kier alpha value is -3.87. The van der Waals surface area contributed by atoms with Crippen LogP contribution in [0.2, 0.25) is 0 Å². The van der Waals surface area contributed by atoms with Crippen LogP contribution in [0.15, 0.2) is 66.7 Å². The third-order valence-corrected chi connectivity index (χ3v) is 4.62. The average Bonchev–Trinajstić information content (AvgIpc) is 3.16. The first-order valence-corrected chi connectivity index (χ1v) is 9.08. The summed E-state index contributed by atoms with van der Waals surface area (Å²) in [5, 5.41) is 11.3. The van der Waals surface area contributed by atoms with E-state index >= 15 is 0 Å². The fourth-order valence-electron chi connectivity index (χ4n) is 3.08. The van der Waals surface area contributed by atoms with Gasteiger partial charge in [-0.15, -0.1) is 5.10 Å². The summed E-state index contributed by atoms with van der Waals surface area (Å²) < 4.78 is 12.3. The van der Waals surface area contributed by atoms with Crippen molar-refractivity contribution in [2.24, 2.45) is 0 Å². The largest absolute Gasteiger partial charge is 0.497 e. The van der Waals surface area contributed by atoms with Gasteiger partial charge in [-0.1, -0.05) is 29.5 Å². The second-order valence-corrected chi connectivity index (χ2v) is 6.45. The number of ether oxygens (including phenoxy) is 2. The van der Waals surface area contributed by atoms with Crippen LogP contribution >= 0.6 is 0 Å². The van der Waals surface area contributed by atoms with Gasteiger partial charge in [-0.05, 0) is 48.0 Å². The van der Waals surface area contributed by atoms with Crippen molar-refractivity contribution in [3.63, 3.8) is 0 Å². The van der Waals surface area contributed by atoms with Gasteiger partial charge in [0.25, 0.3) is 5.91 Å². The van der Waals surface area contributed by atoms with Gasteiger partial charge in [-0.3, -0.25) is 4.79 Å². The van der Waals surface area contributed by atoms with Gasteiger partial charge in [0, 0.05) is 5.56 Å². The van der Waals surface area contributed by atoms with E-state index in [1.165, 1.54) is 0 Å². The van der Waals surface area contributed by atoms with Crippen molar-refractivity contribution < 1.29 is 14.3 Å². The van der Waals surface area contributed by atoms with Crippen molar-refractivity contribution in [2.45, 2.75) is 6.54 Å². The zero-order valence-corrected chi connectivity index (χ0v) is 16.1. The number of nitrogens with zero attached hydrogens (tertiary/aromatic N) is 3. The highest BCUT2D eigenvalue weighted by atomic mass is 16.5. The Kier molecular flexibility index (Phi) is 5.11. The standard InChI is InChI=1S/C22H20N4O3/c1-28-17-10-7-15(8-11-17)14-26-20-12-9-16(13-19(20)24-25-26)22(27)23-18-5-3-4-6-21(18)29-2/h3-13H,14H2,1-2H3,(H,23,27). The number of carbonyl (C=O) groups excluding carboxylic acids is 1. The van der Waals surface area contributed by atoms with Crippen LogP contribution in [0.4, 0.5) is 5.69 Å². The lowest BCUT2D eigenvalue weighted by atomic mass is 10.1. The van der Waals surface area contributed by atoms with Crippen LogP contribution in [0.25, 0.3) is 11.0 Å². The number of fused-ring (bicyclic) bond motifs is 1. The molecule has 0 aliphatic heterocycles. The maximum atomic E-state index is 12.7. The summed E-state index contributed by atoms with van der Waals surface area (Å²) in [7, 11) is 3.21. The SMILES string of the molecule is COc1ccc(Cn2nnc3cc(C(=O)Nc4ccccc4OC)ccc32)cc1. The van der Waals surface area contributed by atoms with E-state index in [4.69, 9.17) is 9.47 Å². The van der Waals surface area contributed by atoms with Gasteiger partial charge in [-0.2, -0.15) is 0 Å². The summed E-state index contributed by atoms with van der Waals surface area (Å²) in [6.45, 7) is 0.577. The lowest BCUT2D eigenvalue weighted by Crippen LogP contribution is -2.12. The van der Waals surface area contributed by atoms with Gasteiger partial charge in [0.1, 0.15) is 17.0 Å². The molecule has 0 fully saturated rings. The van der Waals surface area contributed by atoms with Gasteiger partial charge in [0.15, 0.2) is 0 Å². The Morgan fingerprint density at radius 3 is 2.55 bits per heavy atom. The molecule has 0 saturated carbocycles. The van der Waals surface area contributed by atoms with Crippen LogP contribution in [-0.4, -0.2) is 35.1 Å². The summed E-state index contributed by atoms with van der Waals surface area (Å²) in [5.41, 5.74) is 3.71. The number of carbonyl (C=O) groups is 1. The molecular weight excluding hydrogens is 368 g/mol. The highest BCUT2D eigenvalue weighted by molar-refractivity contribution is 6.06. The van der Waals surface area contributed by atoms with E-state index in [2.05, 4.69) is 15.6 Å². The fourth-order valence-corrected chi connectivity index (χ4v) is 3.08. The van der Waals surface area contributed by atoms with E-state index in [0.717, 1.165) is 16.8 Å². The predicted octanol–water partition coefficient (Wildman–Crippen LogP) is 3.75. The second kappa shape index (κ2) is 8.02. The molecule has 3 aromatic carbocycles. The predicted molar refractivity (Wildman–Crippen MR) is 111 cm³/mol. The van der Waals surface area contributed by atoms with Gasteiger partial charge in [-0.25, -0.2) is 4.68 Å². The fraction of sp³-hybridized carbons (Fsp3) is 0.136. The van der Waals surface area contributed by atoms with Crippen LogP contribution in [0.1, 0.15) is 15.9 Å². The minimum absolute atomic E-state index is 0.235. The minimum Gasteiger partial charge on any atom is -0.497 e. The number of para-hydroxylation sites is 2. The summed E-state index contributed by atoms with van der Waals surface area (Å²) in [5.74, 6) is 1.18. The van der Waals surface area contributed by atoms with E-state index < -0.39 is 0 Å². The molecule has 1 aromatic heterocycles. The van der Waals surface area contributed by atoms with E-state index in [9.17, 15) is 4.79 Å². The van der Waals surface area contributed by atoms with Crippen molar-refractivity contribution in [1.82, 2.24) is 15.0 Å². The number of methoxy groups -OCH3 is 2. The zero-order valence-electron chi connectivity index (χ0n) is 16.1. The van der Waals surface area contributed by atoms with Gasteiger partial charge in [0.2, 0.25) is 0 Å². The highest BCUT2D eigenvalue weighted by Crippen LogP contribution is 2.24. The number of benzene rings is 3. The Bertz CT molecular complexity index is 1150. The van der Waals surface area contributed by atoms with E-state index in [-0.39, 0.29) is 5.91 Å². The molecule has 1 heterocycles. The molecule has 29 heavy (non-hydrogen) atoms. The molecule has 7 heteroatoms. The molecule has 4 aromatic rings. The number of amides is 1. The van der Waals surface area contributed by atoms with Crippen LogP contribution in [0, 0.1) is 0 Å². The third-order valence-electron chi connectivity index (χ3n) is 4.62. The topological polar surface area (TPSA) is 78.3 Å². The molecule has 0 atom stereocenters. The molecule has 0 saturated heterocycles. The normalized spacial score (nSPS) is 10.7. The quantitative estimate of drug-likeness (QED) is 0.544. The summed E-state index contributed by atoms with van der Waals surface area (Å²) in [6, 6.07) is 20.4. The third kappa shape index (κ3) is 3.89. The van der Waals surface area contributed by atoms with Crippen molar-refractivity contribution in [2.75, 3.05) is 19.5 Å². The minimum atomic E-state index is -0.235. The average molecular weight is 388 g/mol. The Labute approximate surface area is 167 Å². The summed E-state index contributed by atoms with van der Waals surface area (Å²) in [6.07, 6.45) is 0. The Morgan fingerprint density at radius 2 is 1.79 bits per heavy atom. The first-order valence-electron chi connectivity index (χ1n) is 9.08. The molecule has 0 unspecified atom stereocenters. The lowest BCUT2D eigenvalue weighted by Gasteiger charge is -2.10. The molecule has 0 aliphatic carbocycles. The maximum Gasteiger partial charge on any atom is 0.255 e. The summed E-state index contributed by atoms with van der Waals surface area (Å²) >= 11 is 0. The number of nitrogens with one attached hydrogen (secondary N) is 1. The van der Waals surface area contributed by atoms with Crippen LogP contribution in [-0.2, 0) is 6.54 Å². The molecular formula is C22H20N4O3. The molecule has 4 rings (SSSR count). The van der Waals surface area contributed by atoms with E-state index in [0.29, 0.717) is 29.1 Å². The molecule has 0 aliphatic rings. The first-order chi connectivity index (χ1) is 14.2. The number of hydrogen-bond donors (Lipinski definition) is 1. The highest BCUT2D eigenvalue weighted by Gasteiger charge is 2.12. The zero-order chi connectivity index (χ0) is 20.2. The number of anilines is 1. The van der Waals surface area contributed by atoms with Gasteiger partial charge >= 0.3 is 0 Å². The Morgan fingerprint density at radius 1 is 1.00 bits per heavy atom. The molecule has 7 nitrogen and oxygen atoms in total. The monoisotopic (exact) mass is 388 g/mol. The number of rotatable bonds is 6. The molecule has 0 spiro atoms. The van der Waals surface area contributed by atoms with Gasteiger partial charge < -0.3 is 14.8 Å². The number of hydrogen-bond acceptors (Lipinski definition) is 5. The van der Waals surface area contributed by atoms with Crippen LogP contribution < -0.4 is 14.8 Å². The second-order valence-electron chi connectivity index (χ2n) is 6.45. The molecule has 1 amide bonds.